The summed E-state index contributed by atoms with van der Waals surface area (Å²) >= 11 is 0. The number of hydrogen-bond donors (Lipinski definition) is 4. The molecule has 3 rings (SSSR count). The molecule has 0 bridgehead atoms. The lowest BCUT2D eigenvalue weighted by Crippen LogP contribution is -2.33. The number of aliphatic carboxylic acids is 1. The molecule has 0 aliphatic carbocycles. The maximum absolute atomic E-state index is 13.9. The Balaban J connectivity index is 2.12. The van der Waals surface area contributed by atoms with Crippen molar-refractivity contribution in [2.45, 2.75) is 105 Å². The van der Waals surface area contributed by atoms with Gasteiger partial charge in [-0.05, 0) is 99.8 Å². The first-order valence-corrected chi connectivity index (χ1v) is 28.7. The molecule has 0 saturated heterocycles. The highest BCUT2D eigenvalue weighted by molar-refractivity contribution is 7.92. The largest absolute Gasteiger partial charge is 0.481 e. The molecule has 4 N–H and O–H groups in total. The predicted octanol–water partition coefficient (Wildman–Crippen LogP) is 6.03. The van der Waals surface area contributed by atoms with E-state index in [0.29, 0.717) is 86.4 Å². The number of methoxy groups -OCH3 is 3. The predicted molar refractivity (Wildman–Crippen MR) is 263 cm³/mol. The van der Waals surface area contributed by atoms with E-state index in [1.165, 1.54) is 44.6 Å². The number of nitrogens with one attached hydrogen (secondary N) is 1. The second-order valence-electron chi connectivity index (χ2n) is 16.9. The number of ether oxygens (including phenoxy) is 3. The highest BCUT2D eigenvalue weighted by Crippen LogP contribution is 2.51. The number of benzene rings is 2. The number of carboxylic acids is 1. The van der Waals surface area contributed by atoms with Crippen LogP contribution < -0.4 is 9.62 Å². The minimum atomic E-state index is -4.64. The van der Waals surface area contributed by atoms with E-state index in [1.807, 2.05) is 24.8 Å². The van der Waals surface area contributed by atoms with Crippen LogP contribution in [0.3, 0.4) is 0 Å². The second-order valence-corrected chi connectivity index (χ2v) is 24.0. The second kappa shape index (κ2) is 26.9. The SMILES string of the molecule is CCC(CCCOC)S(=O)(=O)CCC1(C)C(=CC=CC=CC=[N+](CCOC)c2ccc(S(=O)(=O)O)cc2C(C)CCS(=O)(=O)NCCOC)N(CCCCCC(=O)O)c2ccc(S(=O)(=O)O)cc21. The summed E-state index contributed by atoms with van der Waals surface area (Å²) in [5, 5.41) is 8.59. The zero-order chi connectivity index (χ0) is 50.8. The van der Waals surface area contributed by atoms with E-state index in [4.69, 9.17) is 14.2 Å². The number of nitrogens with zero attached hydrogens (tertiary/aromatic N) is 2. The van der Waals surface area contributed by atoms with Gasteiger partial charge in [0.2, 0.25) is 15.7 Å². The molecule has 2 aromatic rings. The number of carbonyl (C=O) groups is 1. The Hall–Kier alpha value is -3.84. The number of hydrogen-bond acceptors (Lipinski definition) is 13. The van der Waals surface area contributed by atoms with E-state index in [-0.39, 0.29) is 60.3 Å². The summed E-state index contributed by atoms with van der Waals surface area (Å²) in [6.45, 7) is 7.08. The highest BCUT2D eigenvalue weighted by atomic mass is 32.2. The molecule has 2 aromatic carbocycles. The number of sulfone groups is 1. The van der Waals surface area contributed by atoms with Crippen LogP contribution >= 0.6 is 0 Å². The molecule has 3 unspecified atom stereocenters. The van der Waals surface area contributed by atoms with Gasteiger partial charge < -0.3 is 24.2 Å². The third-order valence-electron chi connectivity index (χ3n) is 12.0. The Kier molecular flexibility index (Phi) is 23.2. The van der Waals surface area contributed by atoms with Crippen molar-refractivity contribution >= 4 is 63.7 Å². The van der Waals surface area contributed by atoms with Gasteiger partial charge in [0.1, 0.15) is 6.61 Å². The summed E-state index contributed by atoms with van der Waals surface area (Å²) in [5.74, 6) is -1.87. The highest BCUT2D eigenvalue weighted by Gasteiger charge is 2.45. The van der Waals surface area contributed by atoms with Crippen LogP contribution in [-0.2, 0) is 64.5 Å². The van der Waals surface area contributed by atoms with Gasteiger partial charge in [-0.25, -0.2) is 21.6 Å². The van der Waals surface area contributed by atoms with Gasteiger partial charge >= 0.3 is 5.97 Å². The summed E-state index contributed by atoms with van der Waals surface area (Å²) in [7, 11) is -12.0. The summed E-state index contributed by atoms with van der Waals surface area (Å²) in [6, 6.07) is 8.39. The van der Waals surface area contributed by atoms with Gasteiger partial charge in [-0.2, -0.15) is 21.4 Å². The Morgan fingerprint density at radius 3 is 2.09 bits per heavy atom. The number of rotatable bonds is 32. The molecule has 0 spiro atoms. The van der Waals surface area contributed by atoms with E-state index in [1.54, 1.807) is 55.2 Å². The molecule has 0 radical (unpaired) electrons. The normalized spacial score (nSPS) is 17.7. The number of allylic oxidation sites excluding steroid dienone is 6. The number of anilines is 1. The molecule has 68 heavy (non-hydrogen) atoms. The van der Waals surface area contributed by atoms with E-state index in [0.717, 1.165) is 0 Å². The van der Waals surface area contributed by atoms with Gasteiger partial charge in [0, 0.05) is 82.0 Å². The smallest absolute Gasteiger partial charge is 0.303 e. The fraction of sp³-hybridized carbons (Fsp3) is 0.565. The fourth-order valence-corrected chi connectivity index (χ4v) is 12.4. The summed E-state index contributed by atoms with van der Waals surface area (Å²) < 4.78 is 142. The number of unbranched alkanes of at least 4 members (excludes halogenated alkanes) is 2. The Labute approximate surface area is 403 Å². The lowest BCUT2D eigenvalue weighted by atomic mass is 9.79. The number of fused-ring (bicyclic) bond motifs is 1. The van der Waals surface area contributed by atoms with Gasteiger partial charge in [-0.1, -0.05) is 38.5 Å². The maximum atomic E-state index is 13.9. The first-order chi connectivity index (χ1) is 32.0. The third kappa shape index (κ3) is 17.5. The summed E-state index contributed by atoms with van der Waals surface area (Å²) in [6.07, 6.45) is 13.7. The van der Waals surface area contributed by atoms with Gasteiger partial charge in [-0.15, -0.1) is 0 Å². The van der Waals surface area contributed by atoms with E-state index in [2.05, 4.69) is 4.72 Å². The first kappa shape index (κ1) is 58.5. The van der Waals surface area contributed by atoms with Crippen molar-refractivity contribution in [3.8, 4) is 0 Å². The van der Waals surface area contributed by atoms with Crippen molar-refractivity contribution in [2.75, 3.05) is 77.2 Å². The van der Waals surface area contributed by atoms with Crippen LogP contribution in [0.15, 0.2) is 82.3 Å². The van der Waals surface area contributed by atoms with Crippen LogP contribution in [-0.4, -0.2) is 142 Å². The van der Waals surface area contributed by atoms with Crippen molar-refractivity contribution in [3.05, 3.63) is 83.6 Å². The van der Waals surface area contributed by atoms with Crippen LogP contribution in [0.4, 0.5) is 11.4 Å². The molecular weight excluding hydrogens is 963 g/mol. The summed E-state index contributed by atoms with van der Waals surface area (Å²) in [4.78, 5) is 12.5. The van der Waals surface area contributed by atoms with Gasteiger partial charge in [-0.3, -0.25) is 13.9 Å². The van der Waals surface area contributed by atoms with Crippen LogP contribution in [0.2, 0.25) is 0 Å². The number of sulfonamides is 1. The van der Waals surface area contributed by atoms with Crippen molar-refractivity contribution in [2.24, 2.45) is 0 Å². The Morgan fingerprint density at radius 2 is 1.46 bits per heavy atom. The Bertz CT molecular complexity index is 2580. The van der Waals surface area contributed by atoms with Gasteiger partial charge in [0.15, 0.2) is 22.6 Å². The molecule has 382 valence electrons. The molecule has 3 atom stereocenters. The van der Waals surface area contributed by atoms with E-state index < -0.39 is 62.6 Å². The molecule has 1 aliphatic heterocycles. The van der Waals surface area contributed by atoms with Crippen LogP contribution in [0.1, 0.15) is 95.6 Å². The minimum Gasteiger partial charge on any atom is -0.481 e. The first-order valence-electron chi connectivity index (χ1n) is 22.5. The summed E-state index contributed by atoms with van der Waals surface area (Å²) in [5.41, 5.74) is 1.77. The molecular formula is C46H70N3O15S4+. The third-order valence-corrected chi connectivity index (χ3v) is 17.5. The van der Waals surface area contributed by atoms with Crippen molar-refractivity contribution < 1.29 is 71.5 Å². The number of carboxylic acid groups (broad SMARTS) is 1. The van der Waals surface area contributed by atoms with Crippen LogP contribution in [0, 0.1) is 0 Å². The van der Waals surface area contributed by atoms with Gasteiger partial charge in [0.25, 0.3) is 20.2 Å². The fourth-order valence-electron chi connectivity index (χ4n) is 8.13. The lowest BCUT2D eigenvalue weighted by Gasteiger charge is -2.31. The van der Waals surface area contributed by atoms with Crippen molar-refractivity contribution in [1.29, 1.82) is 0 Å². The molecule has 1 heterocycles. The molecule has 0 amide bonds. The zero-order valence-corrected chi connectivity index (χ0v) is 43.1. The molecule has 18 nitrogen and oxygen atoms in total. The van der Waals surface area contributed by atoms with Gasteiger partial charge in [0.05, 0.1) is 33.2 Å². The standard InChI is InChI=1S/C46H69N3O15S4/c1-7-37(16-15-29-62-4)65(52,53)33-24-46(3)41-35-39(68(59,60)61)20-22-43(41)49(27-14-10-12-18-45(50)51)44(46)17-11-8-9-13-26-48(28-31-64-6)42-21-19-38(67(56,57)58)34-40(42)36(2)23-32-66(54,55)47-25-30-63-5/h8-9,11,13,17,19-22,26,34-37,47H,7,10,12,14-16,18,23-25,27-33H2,1-6H3,(H2-,50,51,56,57,58,59,60,61)/p+1. The monoisotopic (exact) mass is 1030 g/mol. The molecule has 0 aromatic heterocycles. The average Bonchev–Trinajstić information content (AvgIpc) is 3.50. The van der Waals surface area contributed by atoms with Crippen LogP contribution in [0.25, 0.3) is 0 Å². The van der Waals surface area contributed by atoms with Crippen molar-refractivity contribution in [3.63, 3.8) is 0 Å². The Morgan fingerprint density at radius 1 is 0.809 bits per heavy atom. The quantitative estimate of drug-likeness (QED) is 0.0214. The van der Waals surface area contributed by atoms with Crippen molar-refractivity contribution in [1.82, 2.24) is 4.72 Å². The van der Waals surface area contributed by atoms with E-state index >= 15 is 0 Å². The molecule has 0 saturated carbocycles. The van der Waals surface area contributed by atoms with Crippen LogP contribution in [0.5, 0.6) is 0 Å². The molecule has 1 aliphatic rings. The molecule has 0 fully saturated rings. The zero-order valence-electron chi connectivity index (χ0n) is 39.9. The topological polar surface area (TPSA) is 260 Å². The van der Waals surface area contributed by atoms with E-state index in [9.17, 15) is 52.7 Å². The average molecular weight is 1030 g/mol. The lowest BCUT2D eigenvalue weighted by molar-refractivity contribution is -0.439. The minimum absolute atomic E-state index is 0.00150. The molecule has 22 heteroatoms. The maximum Gasteiger partial charge on any atom is 0.303 e.